The van der Waals surface area contributed by atoms with Gasteiger partial charge in [0.1, 0.15) is 23.3 Å². The van der Waals surface area contributed by atoms with E-state index in [2.05, 4.69) is 4.74 Å². The Kier molecular flexibility index (Phi) is 4.02. The van der Waals surface area contributed by atoms with Crippen LogP contribution in [0.15, 0.2) is 36.4 Å². The van der Waals surface area contributed by atoms with Crippen molar-refractivity contribution in [3.8, 4) is 0 Å². The van der Waals surface area contributed by atoms with E-state index in [4.69, 9.17) is 0 Å². The van der Waals surface area contributed by atoms with Gasteiger partial charge in [0.15, 0.2) is 6.10 Å². The third kappa shape index (κ3) is 2.79. The van der Waals surface area contributed by atoms with Crippen LogP contribution in [-0.2, 0) is 9.53 Å². The molecule has 0 radical (unpaired) electrons. The van der Waals surface area contributed by atoms with Crippen molar-refractivity contribution in [3.63, 3.8) is 0 Å². The summed E-state index contributed by atoms with van der Waals surface area (Å²) < 4.78 is 57.7. The molecule has 2 aromatic rings. The van der Waals surface area contributed by atoms with Crippen LogP contribution in [0.4, 0.5) is 17.6 Å². The maximum absolute atomic E-state index is 13.7. The zero-order valence-corrected chi connectivity index (χ0v) is 9.95. The van der Waals surface area contributed by atoms with Crippen LogP contribution in [0, 0.1) is 23.3 Å². The van der Waals surface area contributed by atoms with Crippen LogP contribution in [0.25, 0.3) is 0 Å². The second kappa shape index (κ2) is 5.73. The number of carbonyl (C=O) groups excluding carboxylic acids is 1. The van der Waals surface area contributed by atoms with Crippen molar-refractivity contribution >= 4 is 6.47 Å². The zero-order chi connectivity index (χ0) is 14.7. The quantitative estimate of drug-likeness (QED) is 0.634. The van der Waals surface area contributed by atoms with Crippen LogP contribution in [0.5, 0.6) is 0 Å². The van der Waals surface area contributed by atoms with Crippen LogP contribution in [0.3, 0.4) is 0 Å². The summed E-state index contributed by atoms with van der Waals surface area (Å²) in [6.07, 6.45) is -1.42. The van der Waals surface area contributed by atoms with Crippen LogP contribution >= 0.6 is 0 Å². The second-order valence-corrected chi connectivity index (χ2v) is 3.94. The van der Waals surface area contributed by atoms with E-state index in [-0.39, 0.29) is 17.6 Å². The van der Waals surface area contributed by atoms with E-state index >= 15 is 0 Å². The summed E-state index contributed by atoms with van der Waals surface area (Å²) in [5, 5.41) is 0. The average molecular weight is 284 g/mol. The maximum Gasteiger partial charge on any atom is 0.294 e. The maximum atomic E-state index is 13.7. The molecule has 104 valence electrons. The van der Waals surface area contributed by atoms with Gasteiger partial charge in [0, 0.05) is 23.3 Å². The highest BCUT2D eigenvalue weighted by molar-refractivity contribution is 5.42. The number of hydrogen-bond donors (Lipinski definition) is 0. The fraction of sp³-hybridized carbons (Fsp3) is 0.0714. The summed E-state index contributed by atoms with van der Waals surface area (Å²) in [5.41, 5.74) is -0.465. The molecular formula is C14H8F4O2. The van der Waals surface area contributed by atoms with E-state index in [9.17, 15) is 22.4 Å². The van der Waals surface area contributed by atoms with Gasteiger partial charge >= 0.3 is 0 Å². The summed E-state index contributed by atoms with van der Waals surface area (Å²) in [6.45, 7) is 0.0102. The van der Waals surface area contributed by atoms with Crippen molar-refractivity contribution in [1.82, 2.24) is 0 Å². The summed E-state index contributed by atoms with van der Waals surface area (Å²) in [6, 6.07) is 5.11. The number of benzene rings is 2. The number of carbonyl (C=O) groups is 1. The Morgan fingerprint density at radius 3 is 1.65 bits per heavy atom. The Labute approximate surface area is 111 Å². The number of rotatable bonds is 4. The van der Waals surface area contributed by atoms with Gasteiger partial charge in [0.25, 0.3) is 6.47 Å². The number of ether oxygens (including phenoxy) is 1. The van der Waals surface area contributed by atoms with E-state index in [1.807, 2.05) is 0 Å². The lowest BCUT2D eigenvalue weighted by Gasteiger charge is -2.17. The van der Waals surface area contributed by atoms with Crippen molar-refractivity contribution in [3.05, 3.63) is 70.8 Å². The monoisotopic (exact) mass is 284 g/mol. The van der Waals surface area contributed by atoms with Crippen molar-refractivity contribution in [2.24, 2.45) is 0 Å². The fourth-order valence-electron chi connectivity index (χ4n) is 1.80. The Morgan fingerprint density at radius 1 is 0.850 bits per heavy atom. The van der Waals surface area contributed by atoms with Gasteiger partial charge in [0.2, 0.25) is 0 Å². The molecule has 0 amide bonds. The molecule has 20 heavy (non-hydrogen) atoms. The number of halogens is 4. The minimum atomic E-state index is -1.42. The molecule has 0 N–H and O–H groups in total. The fourth-order valence-corrected chi connectivity index (χ4v) is 1.80. The Morgan fingerprint density at radius 2 is 1.30 bits per heavy atom. The minimum Gasteiger partial charge on any atom is -0.455 e. The van der Waals surface area contributed by atoms with Crippen LogP contribution in [-0.4, -0.2) is 6.47 Å². The standard InChI is InChI=1S/C14H8F4O2/c15-8-1-3-10(12(17)5-8)14(20-7-19)11-4-2-9(16)6-13(11)18/h1-7,14H. The van der Waals surface area contributed by atoms with Gasteiger partial charge in [-0.1, -0.05) is 0 Å². The Balaban J connectivity index is 2.52. The second-order valence-electron chi connectivity index (χ2n) is 3.94. The molecule has 2 rings (SSSR count). The van der Waals surface area contributed by atoms with Crippen LogP contribution in [0.1, 0.15) is 17.2 Å². The number of hydrogen-bond acceptors (Lipinski definition) is 2. The summed E-state index contributed by atoms with van der Waals surface area (Å²) >= 11 is 0. The van der Waals surface area contributed by atoms with Gasteiger partial charge in [-0.3, -0.25) is 4.79 Å². The molecule has 0 aliphatic rings. The third-order valence-corrected chi connectivity index (χ3v) is 2.68. The summed E-state index contributed by atoms with van der Waals surface area (Å²) in [7, 11) is 0. The van der Waals surface area contributed by atoms with Crippen molar-refractivity contribution in [2.75, 3.05) is 0 Å². The van der Waals surface area contributed by atoms with Crippen molar-refractivity contribution in [1.29, 1.82) is 0 Å². The predicted octanol–water partition coefficient (Wildman–Crippen LogP) is 3.51. The third-order valence-electron chi connectivity index (χ3n) is 2.68. The highest BCUT2D eigenvalue weighted by Gasteiger charge is 2.23. The SMILES string of the molecule is O=COC(c1ccc(F)cc1F)c1ccc(F)cc1F. The van der Waals surface area contributed by atoms with E-state index in [0.717, 1.165) is 24.3 Å². The zero-order valence-electron chi connectivity index (χ0n) is 9.95. The smallest absolute Gasteiger partial charge is 0.294 e. The van der Waals surface area contributed by atoms with Crippen LogP contribution < -0.4 is 0 Å². The highest BCUT2D eigenvalue weighted by Crippen LogP contribution is 2.30. The largest absolute Gasteiger partial charge is 0.455 e. The lowest BCUT2D eigenvalue weighted by molar-refractivity contribution is -0.132. The van der Waals surface area contributed by atoms with Gasteiger partial charge in [-0.15, -0.1) is 0 Å². The van der Waals surface area contributed by atoms with Crippen molar-refractivity contribution < 1.29 is 27.1 Å². The van der Waals surface area contributed by atoms with E-state index in [1.165, 1.54) is 0 Å². The first-order valence-electron chi connectivity index (χ1n) is 5.52. The Bertz CT molecular complexity index is 592. The predicted molar refractivity (Wildman–Crippen MR) is 61.7 cm³/mol. The molecule has 2 aromatic carbocycles. The first-order chi connectivity index (χ1) is 9.52. The molecule has 0 fully saturated rings. The summed E-state index contributed by atoms with van der Waals surface area (Å²) in [5.74, 6) is -3.65. The first kappa shape index (κ1) is 14.0. The lowest BCUT2D eigenvalue weighted by atomic mass is 10.00. The first-order valence-corrected chi connectivity index (χ1v) is 5.52. The molecule has 0 atom stereocenters. The van der Waals surface area contributed by atoms with Gasteiger partial charge in [-0.05, 0) is 24.3 Å². The van der Waals surface area contributed by atoms with Gasteiger partial charge in [0.05, 0.1) is 0 Å². The Hall–Kier alpha value is -2.37. The van der Waals surface area contributed by atoms with E-state index in [0.29, 0.717) is 12.1 Å². The highest BCUT2D eigenvalue weighted by atomic mass is 19.1. The van der Waals surface area contributed by atoms with E-state index in [1.54, 1.807) is 0 Å². The van der Waals surface area contributed by atoms with Crippen molar-refractivity contribution in [2.45, 2.75) is 6.10 Å². The molecule has 2 nitrogen and oxygen atoms in total. The molecule has 0 aliphatic carbocycles. The molecule has 0 spiro atoms. The molecule has 0 saturated heterocycles. The molecule has 0 aromatic heterocycles. The van der Waals surface area contributed by atoms with Crippen LogP contribution in [0.2, 0.25) is 0 Å². The molecule has 0 bridgehead atoms. The van der Waals surface area contributed by atoms with Gasteiger partial charge in [-0.2, -0.15) is 0 Å². The van der Waals surface area contributed by atoms with Gasteiger partial charge < -0.3 is 4.74 Å². The molecule has 0 heterocycles. The normalized spacial score (nSPS) is 10.7. The molecule has 6 heteroatoms. The molecule has 0 aliphatic heterocycles. The summed E-state index contributed by atoms with van der Waals surface area (Å²) in [4.78, 5) is 10.5. The minimum absolute atomic E-state index is 0.0102. The molecule has 0 unspecified atom stereocenters. The molecule has 0 saturated carbocycles. The molecular weight excluding hydrogens is 276 g/mol. The topological polar surface area (TPSA) is 26.3 Å². The van der Waals surface area contributed by atoms with Gasteiger partial charge in [-0.25, -0.2) is 17.6 Å². The lowest BCUT2D eigenvalue weighted by Crippen LogP contribution is -2.10. The van der Waals surface area contributed by atoms with E-state index < -0.39 is 29.4 Å². The average Bonchev–Trinajstić information content (AvgIpc) is 2.37.